The zero-order valence-corrected chi connectivity index (χ0v) is 17.1. The Balaban J connectivity index is 1.55. The van der Waals surface area contributed by atoms with Crippen LogP contribution in [0.4, 0.5) is 17.2 Å². The van der Waals surface area contributed by atoms with E-state index >= 15 is 0 Å². The average Bonchev–Trinajstić information content (AvgIpc) is 2.79. The third-order valence-electron chi connectivity index (χ3n) is 4.05. The maximum absolute atomic E-state index is 12.5. The van der Waals surface area contributed by atoms with Crippen LogP contribution in [-0.2, 0) is 6.54 Å². The Morgan fingerprint density at radius 1 is 1.13 bits per heavy atom. The number of carbonyl (C=O) groups excluding carboxylic acids is 1. The second-order valence-corrected chi connectivity index (χ2v) is 6.36. The number of hydrogen-bond acceptors (Lipinski definition) is 8. The molecule has 158 valence electrons. The third-order valence-corrected chi connectivity index (χ3v) is 4.05. The molecule has 0 fully saturated rings. The van der Waals surface area contributed by atoms with E-state index in [9.17, 15) is 4.79 Å². The quantitative estimate of drug-likeness (QED) is 0.410. The number of aromatic nitrogens is 3. The second kappa shape index (κ2) is 11.1. The molecule has 0 radical (unpaired) electrons. The molecule has 0 unspecified atom stereocenters. The molecule has 5 N–H and O–H groups in total. The van der Waals surface area contributed by atoms with Gasteiger partial charge in [0.25, 0.3) is 5.91 Å². The maximum Gasteiger partial charge on any atom is 0.275 e. The molecule has 1 amide bonds. The van der Waals surface area contributed by atoms with E-state index in [2.05, 4.69) is 42.7 Å². The highest BCUT2D eigenvalue weighted by Crippen LogP contribution is 2.17. The van der Waals surface area contributed by atoms with Gasteiger partial charge in [0.1, 0.15) is 11.5 Å². The fourth-order valence-electron chi connectivity index (χ4n) is 2.54. The molecule has 0 bridgehead atoms. The Morgan fingerprint density at radius 2 is 2.03 bits per heavy atom. The van der Waals surface area contributed by atoms with Crippen LogP contribution in [0.2, 0.25) is 0 Å². The SMILES string of the molecule is CNCC#CCOc1cnc(C(=O)Nc2cccc(CNc3cccnc3N)c2)cn1. The smallest absolute Gasteiger partial charge is 0.275 e. The summed E-state index contributed by atoms with van der Waals surface area (Å²) in [5.41, 5.74) is 8.39. The molecule has 31 heavy (non-hydrogen) atoms. The lowest BCUT2D eigenvalue weighted by molar-refractivity contribution is 0.102. The van der Waals surface area contributed by atoms with E-state index in [4.69, 9.17) is 10.5 Å². The first kappa shape index (κ1) is 21.5. The van der Waals surface area contributed by atoms with Crippen LogP contribution in [0, 0.1) is 11.8 Å². The second-order valence-electron chi connectivity index (χ2n) is 6.36. The molecule has 2 aromatic heterocycles. The summed E-state index contributed by atoms with van der Waals surface area (Å²) < 4.78 is 5.37. The molecule has 3 aromatic rings. The van der Waals surface area contributed by atoms with E-state index in [1.165, 1.54) is 12.4 Å². The van der Waals surface area contributed by atoms with Crippen LogP contribution in [-0.4, -0.2) is 41.1 Å². The van der Waals surface area contributed by atoms with Crippen LogP contribution in [0.3, 0.4) is 0 Å². The fraction of sp³-hybridized carbons (Fsp3) is 0.182. The lowest BCUT2D eigenvalue weighted by Gasteiger charge is -2.10. The van der Waals surface area contributed by atoms with Gasteiger partial charge >= 0.3 is 0 Å². The minimum Gasteiger partial charge on any atom is -0.463 e. The number of hydrogen-bond donors (Lipinski definition) is 4. The first-order valence-electron chi connectivity index (χ1n) is 9.55. The third kappa shape index (κ3) is 6.69. The van der Waals surface area contributed by atoms with Crippen molar-refractivity contribution in [2.24, 2.45) is 0 Å². The molecule has 1 aromatic carbocycles. The zero-order valence-electron chi connectivity index (χ0n) is 17.1. The molecule has 0 saturated heterocycles. The first-order valence-corrected chi connectivity index (χ1v) is 9.55. The number of benzene rings is 1. The molecular formula is C22H23N7O2. The Bertz CT molecular complexity index is 1070. The molecule has 9 heteroatoms. The summed E-state index contributed by atoms with van der Waals surface area (Å²) in [7, 11) is 1.82. The van der Waals surface area contributed by atoms with Gasteiger partial charge in [-0.15, -0.1) is 0 Å². The number of amides is 1. The molecule has 0 aliphatic carbocycles. The van der Waals surface area contributed by atoms with Gasteiger partial charge in [-0.2, -0.15) is 0 Å². The van der Waals surface area contributed by atoms with Crippen molar-refractivity contribution in [1.82, 2.24) is 20.3 Å². The number of anilines is 3. The largest absolute Gasteiger partial charge is 0.463 e. The molecule has 0 aliphatic rings. The van der Waals surface area contributed by atoms with E-state index < -0.39 is 0 Å². The van der Waals surface area contributed by atoms with E-state index in [-0.39, 0.29) is 18.2 Å². The van der Waals surface area contributed by atoms with Gasteiger partial charge < -0.3 is 26.4 Å². The van der Waals surface area contributed by atoms with Crippen LogP contribution >= 0.6 is 0 Å². The van der Waals surface area contributed by atoms with Crippen molar-refractivity contribution in [1.29, 1.82) is 0 Å². The minimum atomic E-state index is -0.366. The number of rotatable bonds is 8. The summed E-state index contributed by atoms with van der Waals surface area (Å²) in [4.78, 5) is 24.7. The Hall–Kier alpha value is -4.16. The number of ether oxygens (including phenoxy) is 1. The highest BCUT2D eigenvalue weighted by Gasteiger charge is 2.09. The Kier molecular flexibility index (Phi) is 7.74. The number of pyridine rings is 1. The lowest BCUT2D eigenvalue weighted by Crippen LogP contribution is -2.14. The maximum atomic E-state index is 12.5. The predicted octanol–water partition coefficient (Wildman–Crippen LogP) is 1.92. The molecule has 9 nitrogen and oxygen atoms in total. The molecule has 3 rings (SSSR count). The summed E-state index contributed by atoms with van der Waals surface area (Å²) in [6, 6.07) is 11.1. The molecule has 0 spiro atoms. The van der Waals surface area contributed by atoms with Crippen LogP contribution < -0.4 is 26.4 Å². The summed E-state index contributed by atoms with van der Waals surface area (Å²) in [6.45, 7) is 1.32. The van der Waals surface area contributed by atoms with Gasteiger partial charge in [0, 0.05) is 18.4 Å². The van der Waals surface area contributed by atoms with Gasteiger partial charge in [-0.3, -0.25) is 4.79 Å². The average molecular weight is 417 g/mol. The van der Waals surface area contributed by atoms with E-state index in [1.54, 1.807) is 12.3 Å². The zero-order chi connectivity index (χ0) is 21.9. The molecule has 0 saturated carbocycles. The molecule has 2 heterocycles. The van der Waals surface area contributed by atoms with Gasteiger partial charge in [-0.1, -0.05) is 24.0 Å². The summed E-state index contributed by atoms with van der Waals surface area (Å²) in [6.07, 6.45) is 4.40. The lowest BCUT2D eigenvalue weighted by atomic mass is 10.2. The molecular weight excluding hydrogens is 394 g/mol. The molecule has 0 aliphatic heterocycles. The van der Waals surface area contributed by atoms with E-state index in [1.807, 2.05) is 37.4 Å². The fourth-order valence-corrected chi connectivity index (χ4v) is 2.54. The van der Waals surface area contributed by atoms with Crippen molar-refractivity contribution in [3.63, 3.8) is 0 Å². The van der Waals surface area contributed by atoms with Crippen molar-refractivity contribution in [2.75, 3.05) is 36.6 Å². The monoisotopic (exact) mass is 417 g/mol. The van der Waals surface area contributed by atoms with Gasteiger partial charge in [0.15, 0.2) is 6.61 Å². The van der Waals surface area contributed by atoms with Crippen LogP contribution in [0.5, 0.6) is 5.88 Å². The molecule has 0 atom stereocenters. The predicted molar refractivity (Wildman–Crippen MR) is 120 cm³/mol. The first-order chi connectivity index (χ1) is 15.2. The Morgan fingerprint density at radius 3 is 2.81 bits per heavy atom. The summed E-state index contributed by atoms with van der Waals surface area (Å²) >= 11 is 0. The van der Waals surface area contributed by atoms with Crippen molar-refractivity contribution in [2.45, 2.75) is 6.54 Å². The number of nitrogen functional groups attached to an aromatic ring is 1. The minimum absolute atomic E-state index is 0.181. The number of carbonyl (C=O) groups is 1. The number of nitrogens with two attached hydrogens (primary N) is 1. The van der Waals surface area contributed by atoms with Crippen molar-refractivity contribution < 1.29 is 9.53 Å². The van der Waals surface area contributed by atoms with Crippen LogP contribution in [0.25, 0.3) is 0 Å². The van der Waals surface area contributed by atoms with Crippen molar-refractivity contribution >= 4 is 23.1 Å². The number of nitrogens with zero attached hydrogens (tertiary/aromatic N) is 3. The highest BCUT2D eigenvalue weighted by atomic mass is 16.5. The standard InChI is InChI=1S/C22H23N7O2/c1-24-9-2-3-11-31-20-15-27-19(14-28-20)22(30)29-17-7-4-6-16(12-17)13-26-18-8-5-10-25-21(18)23/h4-8,10,12,14-15,24,26H,9,11,13H2,1H3,(H2,23,25)(H,29,30). The van der Waals surface area contributed by atoms with Gasteiger partial charge in [0.2, 0.25) is 5.88 Å². The summed E-state index contributed by atoms with van der Waals surface area (Å²) in [5, 5.41) is 8.96. The Labute approximate surface area is 180 Å². The highest BCUT2D eigenvalue weighted by molar-refractivity contribution is 6.02. The van der Waals surface area contributed by atoms with Crippen molar-refractivity contribution in [3.8, 4) is 17.7 Å². The van der Waals surface area contributed by atoms with E-state index in [0.29, 0.717) is 30.5 Å². The van der Waals surface area contributed by atoms with E-state index in [0.717, 1.165) is 11.3 Å². The normalized spacial score (nSPS) is 9.97. The summed E-state index contributed by atoms with van der Waals surface area (Å²) in [5.74, 6) is 6.08. The van der Waals surface area contributed by atoms with Gasteiger partial charge in [-0.25, -0.2) is 15.0 Å². The number of nitrogens with one attached hydrogen (secondary N) is 3. The van der Waals surface area contributed by atoms with Crippen molar-refractivity contribution in [3.05, 3.63) is 66.2 Å². The topological polar surface area (TPSA) is 127 Å². The van der Waals surface area contributed by atoms with Gasteiger partial charge in [-0.05, 0) is 36.9 Å². The van der Waals surface area contributed by atoms with Crippen LogP contribution in [0.15, 0.2) is 55.0 Å². The van der Waals surface area contributed by atoms with Gasteiger partial charge in [0.05, 0.1) is 24.6 Å². The van der Waals surface area contributed by atoms with Crippen LogP contribution in [0.1, 0.15) is 16.1 Å².